The smallest absolute Gasteiger partial charge is 0.326 e. The average Bonchev–Trinajstić information content (AvgIpc) is 2.38. The van der Waals surface area contributed by atoms with Crippen LogP contribution in [0.2, 0.25) is 5.02 Å². The van der Waals surface area contributed by atoms with Gasteiger partial charge in [-0.05, 0) is 31.4 Å². The van der Waals surface area contributed by atoms with E-state index in [1.54, 1.807) is 24.3 Å². The zero-order chi connectivity index (χ0) is 13.1. The third-order valence-electron chi connectivity index (χ3n) is 3.15. The van der Waals surface area contributed by atoms with Gasteiger partial charge < -0.3 is 10.0 Å². The van der Waals surface area contributed by atoms with Gasteiger partial charge in [-0.25, -0.2) is 4.79 Å². The predicted octanol–water partition coefficient (Wildman–Crippen LogP) is 2.42. The normalized spacial score (nSPS) is 19.6. The number of carboxylic acids is 1. The van der Waals surface area contributed by atoms with E-state index in [1.165, 1.54) is 4.90 Å². The minimum atomic E-state index is -0.949. The van der Waals surface area contributed by atoms with Crippen molar-refractivity contribution in [2.75, 3.05) is 6.54 Å². The number of carbonyl (C=O) groups is 2. The highest BCUT2D eigenvalue weighted by molar-refractivity contribution is 6.33. The maximum Gasteiger partial charge on any atom is 0.326 e. The topological polar surface area (TPSA) is 57.6 Å². The first-order chi connectivity index (χ1) is 8.61. The summed E-state index contributed by atoms with van der Waals surface area (Å²) in [4.78, 5) is 24.9. The van der Waals surface area contributed by atoms with Crippen LogP contribution in [0.25, 0.3) is 0 Å². The largest absolute Gasteiger partial charge is 0.480 e. The van der Waals surface area contributed by atoms with Gasteiger partial charge >= 0.3 is 5.97 Å². The molecule has 0 unspecified atom stereocenters. The van der Waals surface area contributed by atoms with Crippen molar-refractivity contribution < 1.29 is 14.7 Å². The Morgan fingerprint density at radius 3 is 2.67 bits per heavy atom. The highest BCUT2D eigenvalue weighted by atomic mass is 35.5. The molecule has 1 aromatic rings. The quantitative estimate of drug-likeness (QED) is 0.895. The molecule has 2 rings (SSSR count). The van der Waals surface area contributed by atoms with Crippen LogP contribution in [0.3, 0.4) is 0 Å². The molecule has 5 heteroatoms. The second kappa shape index (κ2) is 5.40. The van der Waals surface area contributed by atoms with Crippen LogP contribution in [0.15, 0.2) is 24.3 Å². The average molecular weight is 268 g/mol. The van der Waals surface area contributed by atoms with Gasteiger partial charge in [0.25, 0.3) is 5.91 Å². The standard InChI is InChI=1S/C13H14ClNO3/c14-10-6-2-1-5-9(10)12(16)15-8-4-3-7-11(15)13(17)18/h1-2,5-6,11H,3-4,7-8H2,(H,17,18)/t11-/m0/s1. The summed E-state index contributed by atoms with van der Waals surface area (Å²) in [5.74, 6) is -1.25. The lowest BCUT2D eigenvalue weighted by molar-refractivity contribution is -0.143. The molecule has 1 saturated heterocycles. The Kier molecular flexibility index (Phi) is 3.87. The van der Waals surface area contributed by atoms with Crippen LogP contribution in [0, 0.1) is 0 Å². The summed E-state index contributed by atoms with van der Waals surface area (Å²) in [5.41, 5.74) is 0.368. The third kappa shape index (κ3) is 2.48. The van der Waals surface area contributed by atoms with Gasteiger partial charge in [0.15, 0.2) is 0 Å². The van der Waals surface area contributed by atoms with E-state index in [0.717, 1.165) is 12.8 Å². The molecule has 18 heavy (non-hydrogen) atoms. The number of carbonyl (C=O) groups excluding carboxylic acids is 1. The van der Waals surface area contributed by atoms with Gasteiger partial charge in [0.2, 0.25) is 0 Å². The summed E-state index contributed by atoms with van der Waals surface area (Å²) < 4.78 is 0. The maximum absolute atomic E-state index is 12.3. The van der Waals surface area contributed by atoms with E-state index in [2.05, 4.69) is 0 Å². The Labute approximate surface area is 110 Å². The lowest BCUT2D eigenvalue weighted by Gasteiger charge is -2.33. The minimum Gasteiger partial charge on any atom is -0.480 e. The van der Waals surface area contributed by atoms with E-state index in [4.69, 9.17) is 16.7 Å². The lowest BCUT2D eigenvalue weighted by Crippen LogP contribution is -2.48. The Morgan fingerprint density at radius 2 is 2.00 bits per heavy atom. The van der Waals surface area contributed by atoms with Crippen molar-refractivity contribution in [1.82, 2.24) is 4.90 Å². The van der Waals surface area contributed by atoms with Crippen LogP contribution >= 0.6 is 11.6 Å². The number of benzene rings is 1. The molecule has 0 bridgehead atoms. The molecule has 1 aromatic carbocycles. The van der Waals surface area contributed by atoms with Crippen molar-refractivity contribution >= 4 is 23.5 Å². The molecule has 96 valence electrons. The first kappa shape index (κ1) is 12.9. The summed E-state index contributed by atoms with van der Waals surface area (Å²) in [6.45, 7) is 0.473. The van der Waals surface area contributed by atoms with Gasteiger partial charge in [-0.3, -0.25) is 4.79 Å². The van der Waals surface area contributed by atoms with Gasteiger partial charge in [-0.2, -0.15) is 0 Å². The van der Waals surface area contributed by atoms with E-state index in [0.29, 0.717) is 23.6 Å². The van der Waals surface area contributed by atoms with E-state index in [1.807, 2.05) is 0 Å². The molecule has 0 saturated carbocycles. The van der Waals surface area contributed by atoms with Crippen LogP contribution < -0.4 is 0 Å². The fraction of sp³-hybridized carbons (Fsp3) is 0.385. The zero-order valence-electron chi connectivity index (χ0n) is 9.80. The number of amides is 1. The summed E-state index contributed by atoms with van der Waals surface area (Å²) >= 11 is 5.97. The van der Waals surface area contributed by atoms with Gasteiger partial charge in [-0.15, -0.1) is 0 Å². The molecule has 1 atom stereocenters. The molecule has 0 radical (unpaired) electrons. The zero-order valence-corrected chi connectivity index (χ0v) is 10.6. The van der Waals surface area contributed by atoms with E-state index >= 15 is 0 Å². The second-order valence-electron chi connectivity index (χ2n) is 4.33. The number of carboxylic acid groups (broad SMARTS) is 1. The Hall–Kier alpha value is -1.55. The summed E-state index contributed by atoms with van der Waals surface area (Å²) in [7, 11) is 0. The Bertz CT molecular complexity index is 475. The van der Waals surface area contributed by atoms with E-state index in [-0.39, 0.29) is 5.91 Å². The van der Waals surface area contributed by atoms with Crippen LogP contribution in [0.4, 0.5) is 0 Å². The Balaban J connectivity index is 2.27. The number of rotatable bonds is 2. The van der Waals surface area contributed by atoms with Crippen molar-refractivity contribution in [1.29, 1.82) is 0 Å². The van der Waals surface area contributed by atoms with Crippen molar-refractivity contribution in [3.05, 3.63) is 34.9 Å². The lowest BCUT2D eigenvalue weighted by atomic mass is 10.0. The Morgan fingerprint density at radius 1 is 1.28 bits per heavy atom. The van der Waals surface area contributed by atoms with Crippen LogP contribution in [-0.4, -0.2) is 34.5 Å². The van der Waals surface area contributed by atoms with Gasteiger partial charge in [0, 0.05) is 6.54 Å². The van der Waals surface area contributed by atoms with Crippen LogP contribution in [0.5, 0.6) is 0 Å². The van der Waals surface area contributed by atoms with E-state index in [9.17, 15) is 9.59 Å². The molecule has 1 amide bonds. The fourth-order valence-electron chi connectivity index (χ4n) is 2.22. The number of likely N-dealkylation sites (tertiary alicyclic amines) is 1. The SMILES string of the molecule is O=C(O)[C@@H]1CCCCN1C(=O)c1ccccc1Cl. The number of nitrogens with zero attached hydrogens (tertiary/aromatic N) is 1. The van der Waals surface area contributed by atoms with Gasteiger partial charge in [0.1, 0.15) is 6.04 Å². The van der Waals surface area contributed by atoms with Crippen LogP contribution in [-0.2, 0) is 4.79 Å². The fourth-order valence-corrected chi connectivity index (χ4v) is 2.44. The maximum atomic E-state index is 12.3. The number of hydrogen-bond acceptors (Lipinski definition) is 2. The van der Waals surface area contributed by atoms with Gasteiger partial charge in [-0.1, -0.05) is 23.7 Å². The molecular weight excluding hydrogens is 254 g/mol. The number of aliphatic carboxylic acids is 1. The molecule has 1 fully saturated rings. The van der Waals surface area contributed by atoms with Crippen molar-refractivity contribution in [2.45, 2.75) is 25.3 Å². The summed E-state index contributed by atoms with van der Waals surface area (Å²) in [6.07, 6.45) is 2.18. The van der Waals surface area contributed by atoms with Gasteiger partial charge in [0.05, 0.1) is 10.6 Å². The molecule has 1 aliphatic rings. The monoisotopic (exact) mass is 267 g/mol. The first-order valence-electron chi connectivity index (χ1n) is 5.89. The van der Waals surface area contributed by atoms with E-state index < -0.39 is 12.0 Å². The highest BCUT2D eigenvalue weighted by Gasteiger charge is 2.32. The van der Waals surface area contributed by atoms with Crippen molar-refractivity contribution in [2.24, 2.45) is 0 Å². The molecule has 1 N–H and O–H groups in total. The third-order valence-corrected chi connectivity index (χ3v) is 3.48. The van der Waals surface area contributed by atoms with Crippen molar-refractivity contribution in [3.8, 4) is 0 Å². The number of hydrogen-bond donors (Lipinski definition) is 1. The highest BCUT2D eigenvalue weighted by Crippen LogP contribution is 2.23. The minimum absolute atomic E-state index is 0.298. The first-order valence-corrected chi connectivity index (χ1v) is 6.27. The predicted molar refractivity (Wildman–Crippen MR) is 67.8 cm³/mol. The number of piperidine rings is 1. The molecule has 0 aromatic heterocycles. The molecule has 1 aliphatic heterocycles. The molecule has 0 spiro atoms. The van der Waals surface area contributed by atoms with Crippen LogP contribution in [0.1, 0.15) is 29.6 Å². The summed E-state index contributed by atoms with van der Waals surface area (Å²) in [6, 6.07) is 5.98. The second-order valence-corrected chi connectivity index (χ2v) is 4.74. The summed E-state index contributed by atoms with van der Waals surface area (Å²) in [5, 5.41) is 9.51. The molecular formula is C13H14ClNO3. The molecule has 4 nitrogen and oxygen atoms in total. The number of halogens is 1. The molecule has 0 aliphatic carbocycles. The molecule has 1 heterocycles. The van der Waals surface area contributed by atoms with Crippen molar-refractivity contribution in [3.63, 3.8) is 0 Å².